The van der Waals surface area contributed by atoms with Gasteiger partial charge in [-0.3, -0.25) is 0 Å². The van der Waals surface area contributed by atoms with Crippen LogP contribution in [0.2, 0.25) is 0 Å². The van der Waals surface area contributed by atoms with Gasteiger partial charge in [-0.2, -0.15) is 5.26 Å². The van der Waals surface area contributed by atoms with Gasteiger partial charge in [0.2, 0.25) is 0 Å². The third-order valence-electron chi connectivity index (χ3n) is 2.81. The zero-order chi connectivity index (χ0) is 14.5. The molecule has 0 heterocycles. The minimum atomic E-state index is -0.330. The van der Waals surface area contributed by atoms with Crippen LogP contribution in [0.1, 0.15) is 11.1 Å². The van der Waals surface area contributed by atoms with E-state index in [1.54, 1.807) is 13.2 Å². The van der Waals surface area contributed by atoms with Crippen molar-refractivity contribution in [3.63, 3.8) is 0 Å². The molecule has 0 amide bonds. The number of benzene rings is 2. The maximum absolute atomic E-state index is 13.6. The molecule has 0 saturated heterocycles. The first-order valence-corrected chi connectivity index (χ1v) is 6.69. The zero-order valence-electron chi connectivity index (χ0n) is 10.8. The smallest absolute Gasteiger partial charge is 0.133 e. The molecule has 0 aliphatic rings. The van der Waals surface area contributed by atoms with Gasteiger partial charge in [0, 0.05) is 17.8 Å². The van der Waals surface area contributed by atoms with Crippen molar-refractivity contribution in [3.8, 4) is 11.8 Å². The van der Waals surface area contributed by atoms with Crippen molar-refractivity contribution in [1.82, 2.24) is 0 Å². The Labute approximate surface area is 125 Å². The highest BCUT2D eigenvalue weighted by Gasteiger charge is 2.05. The lowest BCUT2D eigenvalue weighted by Gasteiger charge is -2.10. The summed E-state index contributed by atoms with van der Waals surface area (Å²) in [5.74, 6) is 0.400. The summed E-state index contributed by atoms with van der Waals surface area (Å²) in [4.78, 5) is 0. The molecule has 0 unspecified atom stereocenters. The number of nitriles is 1. The van der Waals surface area contributed by atoms with Crippen LogP contribution in [0.4, 0.5) is 10.1 Å². The number of nitrogens with zero attached hydrogens (tertiary/aromatic N) is 1. The molecule has 0 aliphatic carbocycles. The molecule has 102 valence electrons. The van der Waals surface area contributed by atoms with Crippen LogP contribution in [0.25, 0.3) is 0 Å². The Morgan fingerprint density at radius 3 is 2.75 bits per heavy atom. The van der Waals surface area contributed by atoms with Crippen molar-refractivity contribution in [2.45, 2.75) is 6.54 Å². The average Bonchev–Trinajstić information content (AvgIpc) is 2.46. The highest BCUT2D eigenvalue weighted by Crippen LogP contribution is 2.28. The van der Waals surface area contributed by atoms with E-state index in [9.17, 15) is 4.39 Å². The molecule has 2 aromatic rings. The molecule has 0 fully saturated rings. The lowest BCUT2D eigenvalue weighted by Crippen LogP contribution is -2.02. The van der Waals surface area contributed by atoms with Crippen LogP contribution in [0.3, 0.4) is 0 Å². The van der Waals surface area contributed by atoms with E-state index < -0.39 is 0 Å². The molecule has 1 N–H and O–H groups in total. The summed E-state index contributed by atoms with van der Waals surface area (Å²) >= 11 is 3.39. The van der Waals surface area contributed by atoms with E-state index in [1.165, 1.54) is 12.1 Å². The number of halogens is 2. The lowest BCUT2D eigenvalue weighted by atomic mass is 10.1. The second-order valence-corrected chi connectivity index (χ2v) is 4.98. The molecule has 0 aromatic heterocycles. The highest BCUT2D eigenvalue weighted by atomic mass is 79.9. The number of anilines is 1. The van der Waals surface area contributed by atoms with Crippen LogP contribution in [0.5, 0.6) is 5.75 Å². The maximum Gasteiger partial charge on any atom is 0.133 e. The minimum absolute atomic E-state index is 0.306. The Kier molecular flexibility index (Phi) is 4.59. The van der Waals surface area contributed by atoms with Gasteiger partial charge >= 0.3 is 0 Å². The van der Waals surface area contributed by atoms with Crippen molar-refractivity contribution in [3.05, 3.63) is 57.8 Å². The van der Waals surface area contributed by atoms with Crippen molar-refractivity contribution >= 4 is 21.6 Å². The van der Waals surface area contributed by atoms with E-state index >= 15 is 0 Å². The molecular weight excluding hydrogens is 323 g/mol. The van der Waals surface area contributed by atoms with Crippen LogP contribution in [0.15, 0.2) is 40.9 Å². The Morgan fingerprint density at radius 2 is 2.10 bits per heavy atom. The number of rotatable bonds is 4. The molecule has 5 heteroatoms. The first-order chi connectivity index (χ1) is 9.63. The quantitative estimate of drug-likeness (QED) is 0.916. The Morgan fingerprint density at radius 1 is 1.30 bits per heavy atom. The number of hydrogen-bond acceptors (Lipinski definition) is 3. The molecule has 0 radical (unpaired) electrons. The monoisotopic (exact) mass is 334 g/mol. The first kappa shape index (κ1) is 14.4. The highest BCUT2D eigenvalue weighted by molar-refractivity contribution is 9.10. The molecule has 2 rings (SSSR count). The van der Waals surface area contributed by atoms with Gasteiger partial charge in [0.15, 0.2) is 0 Å². The fraction of sp³-hybridized carbons (Fsp3) is 0.133. The summed E-state index contributed by atoms with van der Waals surface area (Å²) in [6.45, 7) is 0.306. The molecule has 0 aliphatic heterocycles. The largest absolute Gasteiger partial charge is 0.496 e. The van der Waals surface area contributed by atoms with Gasteiger partial charge in [-0.15, -0.1) is 0 Å². The van der Waals surface area contributed by atoms with Gasteiger partial charge in [-0.1, -0.05) is 0 Å². The number of methoxy groups -OCH3 is 1. The second-order valence-electron chi connectivity index (χ2n) is 4.12. The van der Waals surface area contributed by atoms with E-state index in [2.05, 4.69) is 21.2 Å². The van der Waals surface area contributed by atoms with Crippen LogP contribution in [0, 0.1) is 17.1 Å². The van der Waals surface area contributed by atoms with Crippen molar-refractivity contribution in [2.75, 3.05) is 12.4 Å². The number of nitrogens with one attached hydrogen (secondary N) is 1. The van der Waals surface area contributed by atoms with E-state index in [0.29, 0.717) is 17.7 Å². The minimum Gasteiger partial charge on any atom is -0.496 e. The van der Waals surface area contributed by atoms with Crippen LogP contribution >= 0.6 is 15.9 Å². The topological polar surface area (TPSA) is 45.0 Å². The maximum atomic E-state index is 13.6. The van der Waals surface area contributed by atoms with E-state index in [-0.39, 0.29) is 5.82 Å². The third-order valence-corrected chi connectivity index (χ3v) is 3.43. The third kappa shape index (κ3) is 3.28. The van der Waals surface area contributed by atoms with Gasteiger partial charge in [0.25, 0.3) is 0 Å². The van der Waals surface area contributed by atoms with Crippen LogP contribution < -0.4 is 10.1 Å². The van der Waals surface area contributed by atoms with E-state index in [4.69, 9.17) is 10.00 Å². The standard InChI is InChI=1S/C15H12BrFN2O/c1-20-15-5-3-12(7-13(15)16)19-9-11-6-10(8-18)2-4-14(11)17/h2-7,19H,9H2,1H3. The molecule has 0 bridgehead atoms. The van der Waals surface area contributed by atoms with Crippen molar-refractivity contribution in [1.29, 1.82) is 5.26 Å². The molecule has 20 heavy (non-hydrogen) atoms. The van der Waals surface area contributed by atoms with Gasteiger partial charge in [0.1, 0.15) is 11.6 Å². The Balaban J connectivity index is 2.13. The Bertz CT molecular complexity index is 667. The van der Waals surface area contributed by atoms with Crippen LogP contribution in [-0.4, -0.2) is 7.11 Å². The van der Waals surface area contributed by atoms with E-state index in [1.807, 2.05) is 24.3 Å². The predicted molar refractivity (Wildman–Crippen MR) is 79.1 cm³/mol. The van der Waals surface area contributed by atoms with Gasteiger partial charge in [0.05, 0.1) is 23.2 Å². The van der Waals surface area contributed by atoms with Crippen LogP contribution in [-0.2, 0) is 6.54 Å². The summed E-state index contributed by atoms with van der Waals surface area (Å²) < 4.78 is 19.6. The van der Waals surface area contributed by atoms with Crippen molar-refractivity contribution < 1.29 is 9.13 Å². The summed E-state index contributed by atoms with van der Waals surface area (Å²) in [6.07, 6.45) is 0. The molecular formula is C15H12BrFN2O. The van der Waals surface area contributed by atoms with Gasteiger partial charge < -0.3 is 10.1 Å². The molecule has 3 nitrogen and oxygen atoms in total. The summed E-state index contributed by atoms with van der Waals surface area (Å²) in [7, 11) is 1.59. The van der Waals surface area contributed by atoms with E-state index in [0.717, 1.165) is 15.9 Å². The normalized spacial score (nSPS) is 9.90. The molecule has 0 spiro atoms. The fourth-order valence-corrected chi connectivity index (χ4v) is 2.29. The SMILES string of the molecule is COc1ccc(NCc2cc(C#N)ccc2F)cc1Br. The van der Waals surface area contributed by atoms with Gasteiger partial charge in [-0.25, -0.2) is 4.39 Å². The van der Waals surface area contributed by atoms with Gasteiger partial charge in [-0.05, 0) is 52.3 Å². The summed E-state index contributed by atoms with van der Waals surface area (Å²) in [5.41, 5.74) is 1.73. The average molecular weight is 335 g/mol. The zero-order valence-corrected chi connectivity index (χ0v) is 12.4. The number of hydrogen-bond donors (Lipinski definition) is 1. The molecule has 0 saturated carbocycles. The first-order valence-electron chi connectivity index (χ1n) is 5.90. The lowest BCUT2D eigenvalue weighted by molar-refractivity contribution is 0.412. The molecule has 0 atom stereocenters. The summed E-state index contributed by atoms with van der Waals surface area (Å²) in [6, 6.07) is 11.8. The summed E-state index contributed by atoms with van der Waals surface area (Å²) in [5, 5.41) is 11.9. The molecule has 2 aromatic carbocycles. The Hall–Kier alpha value is -2.06. The predicted octanol–water partition coefficient (Wildman–Crippen LogP) is 4.08. The number of ether oxygens (including phenoxy) is 1. The fourth-order valence-electron chi connectivity index (χ4n) is 1.75. The second kappa shape index (κ2) is 6.40. The van der Waals surface area contributed by atoms with Crippen molar-refractivity contribution in [2.24, 2.45) is 0 Å².